The molecule has 3 aromatic rings. The minimum Gasteiger partial charge on any atom is -0.383 e. The number of aromatic nitrogens is 3. The molecule has 1 amide bonds. The fraction of sp³-hybridized carbons (Fsp3) is 0.414. The SMILES string of the molecule is CC=CN1C[C@H](n2c(C#CC3CC3)c(C(=O)NC(C)(C)c3ccccc3)c3c(N)ncnc32)C[C@@H]1C. The van der Waals surface area contributed by atoms with Gasteiger partial charge in [-0.1, -0.05) is 42.3 Å². The number of carbonyl (C=O) groups excluding carboxylic acids is 1. The van der Waals surface area contributed by atoms with Gasteiger partial charge in [-0.25, -0.2) is 9.97 Å². The van der Waals surface area contributed by atoms with Crippen LogP contribution in [-0.4, -0.2) is 37.9 Å². The standard InChI is InChI=1S/C29H34N6O/c1-5-15-34-17-22(16-19(34)2)35-23(14-13-20-11-12-20)24(25-26(30)31-18-32-27(25)35)28(36)33-29(3,4)21-9-7-6-8-10-21/h5-10,15,18-20,22H,11-12,16-17H2,1-4H3,(H,33,36)(H2,30,31,32)/t19-,22+/m0/s1. The second kappa shape index (κ2) is 9.34. The van der Waals surface area contributed by atoms with E-state index in [1.54, 1.807) is 0 Å². The average Bonchev–Trinajstić information content (AvgIpc) is 3.52. The first kappa shape index (κ1) is 23.9. The number of nitrogens with two attached hydrogens (primary N) is 1. The van der Waals surface area contributed by atoms with E-state index in [4.69, 9.17) is 5.73 Å². The van der Waals surface area contributed by atoms with Crippen molar-refractivity contribution in [1.82, 2.24) is 24.8 Å². The van der Waals surface area contributed by atoms with Crippen molar-refractivity contribution in [1.29, 1.82) is 0 Å². The topological polar surface area (TPSA) is 89.1 Å². The van der Waals surface area contributed by atoms with E-state index in [2.05, 4.69) is 55.8 Å². The van der Waals surface area contributed by atoms with Gasteiger partial charge in [0.1, 0.15) is 23.5 Å². The zero-order valence-electron chi connectivity index (χ0n) is 21.5. The van der Waals surface area contributed by atoms with E-state index in [9.17, 15) is 4.79 Å². The lowest BCUT2D eigenvalue weighted by atomic mass is 9.93. The lowest BCUT2D eigenvalue weighted by Crippen LogP contribution is -2.41. The number of likely N-dealkylation sites (tertiary alicyclic amines) is 1. The molecule has 0 bridgehead atoms. The summed E-state index contributed by atoms with van der Waals surface area (Å²) in [6.45, 7) is 9.07. The third-order valence-corrected chi connectivity index (χ3v) is 7.24. The van der Waals surface area contributed by atoms with Gasteiger partial charge in [-0.15, -0.1) is 0 Å². The molecule has 7 heteroatoms. The lowest BCUT2D eigenvalue weighted by Gasteiger charge is -2.27. The average molecular weight is 483 g/mol. The zero-order valence-corrected chi connectivity index (χ0v) is 21.5. The third-order valence-electron chi connectivity index (χ3n) is 7.24. The van der Waals surface area contributed by atoms with Crippen LogP contribution in [0, 0.1) is 17.8 Å². The van der Waals surface area contributed by atoms with Gasteiger partial charge < -0.3 is 20.5 Å². The van der Waals surface area contributed by atoms with E-state index in [-0.39, 0.29) is 11.9 Å². The van der Waals surface area contributed by atoms with Gasteiger partial charge in [-0.3, -0.25) is 4.79 Å². The molecule has 2 aromatic heterocycles. The smallest absolute Gasteiger partial charge is 0.255 e. The Labute approximate surface area is 212 Å². The van der Waals surface area contributed by atoms with Gasteiger partial charge in [0, 0.05) is 18.5 Å². The summed E-state index contributed by atoms with van der Waals surface area (Å²) < 4.78 is 2.15. The van der Waals surface area contributed by atoms with Gasteiger partial charge in [-0.2, -0.15) is 0 Å². The first-order chi connectivity index (χ1) is 17.3. The Morgan fingerprint density at radius 1 is 1.22 bits per heavy atom. The van der Waals surface area contributed by atoms with E-state index in [0.717, 1.165) is 31.4 Å². The molecule has 5 rings (SSSR count). The van der Waals surface area contributed by atoms with Crippen molar-refractivity contribution < 1.29 is 4.79 Å². The molecule has 1 aliphatic heterocycles. The quantitative estimate of drug-likeness (QED) is 0.519. The van der Waals surface area contributed by atoms with Gasteiger partial charge in [0.25, 0.3) is 5.91 Å². The Hall–Kier alpha value is -3.79. The first-order valence-electron chi connectivity index (χ1n) is 12.7. The number of rotatable bonds is 5. The molecule has 0 unspecified atom stereocenters. The molecule has 2 aliphatic rings. The van der Waals surface area contributed by atoms with Crippen LogP contribution in [-0.2, 0) is 5.54 Å². The Morgan fingerprint density at radius 3 is 2.67 bits per heavy atom. The molecule has 2 atom stereocenters. The van der Waals surface area contributed by atoms with E-state index in [1.165, 1.54) is 6.33 Å². The van der Waals surface area contributed by atoms with Gasteiger partial charge >= 0.3 is 0 Å². The van der Waals surface area contributed by atoms with Crippen LogP contribution < -0.4 is 11.1 Å². The summed E-state index contributed by atoms with van der Waals surface area (Å²) in [5.74, 6) is 7.25. The molecule has 1 saturated heterocycles. The molecular formula is C29H34N6O. The lowest BCUT2D eigenvalue weighted by molar-refractivity contribution is 0.0913. The Kier molecular flexibility index (Phi) is 6.21. The number of carbonyl (C=O) groups is 1. The molecule has 0 radical (unpaired) electrons. The minimum atomic E-state index is -0.594. The summed E-state index contributed by atoms with van der Waals surface area (Å²) in [5.41, 5.74) is 8.66. The molecule has 2 fully saturated rings. The number of amides is 1. The highest BCUT2D eigenvalue weighted by molar-refractivity contribution is 6.12. The number of nitrogen functional groups attached to an aromatic ring is 1. The van der Waals surface area contributed by atoms with Crippen LogP contribution in [0.15, 0.2) is 48.9 Å². The van der Waals surface area contributed by atoms with Crippen LogP contribution in [0.25, 0.3) is 11.0 Å². The second-order valence-electron chi connectivity index (χ2n) is 10.5. The zero-order chi connectivity index (χ0) is 25.4. The number of fused-ring (bicyclic) bond motifs is 1. The summed E-state index contributed by atoms with van der Waals surface area (Å²) in [5, 5.41) is 3.82. The summed E-state index contributed by atoms with van der Waals surface area (Å²) >= 11 is 0. The summed E-state index contributed by atoms with van der Waals surface area (Å²) in [4.78, 5) is 25.2. The van der Waals surface area contributed by atoms with Crippen LogP contribution in [0.1, 0.15) is 74.6 Å². The van der Waals surface area contributed by atoms with Gasteiger partial charge in [0.05, 0.1) is 22.5 Å². The second-order valence-corrected chi connectivity index (χ2v) is 10.5. The van der Waals surface area contributed by atoms with Crippen LogP contribution in [0.2, 0.25) is 0 Å². The molecule has 1 saturated carbocycles. The van der Waals surface area contributed by atoms with Crippen molar-refractivity contribution >= 4 is 22.8 Å². The van der Waals surface area contributed by atoms with E-state index in [0.29, 0.717) is 40.1 Å². The highest BCUT2D eigenvalue weighted by Gasteiger charge is 2.35. The third kappa shape index (κ3) is 4.44. The Morgan fingerprint density at radius 2 is 1.97 bits per heavy atom. The van der Waals surface area contributed by atoms with E-state index >= 15 is 0 Å². The number of hydrogen-bond donors (Lipinski definition) is 2. The fourth-order valence-electron chi connectivity index (χ4n) is 5.14. The number of allylic oxidation sites excluding steroid dienone is 1. The molecule has 3 N–H and O–H groups in total. The predicted octanol–water partition coefficient (Wildman–Crippen LogP) is 4.61. The molecule has 1 aliphatic carbocycles. The van der Waals surface area contributed by atoms with Crippen LogP contribution >= 0.6 is 0 Å². The number of benzene rings is 1. The maximum Gasteiger partial charge on any atom is 0.255 e. The van der Waals surface area contributed by atoms with Crippen LogP contribution in [0.4, 0.5) is 5.82 Å². The summed E-state index contributed by atoms with van der Waals surface area (Å²) in [6, 6.07) is 10.4. The minimum absolute atomic E-state index is 0.111. The number of anilines is 1. The molecule has 3 heterocycles. The largest absolute Gasteiger partial charge is 0.383 e. The van der Waals surface area contributed by atoms with E-state index in [1.807, 2.05) is 51.1 Å². The van der Waals surface area contributed by atoms with Crippen LogP contribution in [0.3, 0.4) is 0 Å². The van der Waals surface area contributed by atoms with Gasteiger partial charge in [0.15, 0.2) is 0 Å². The normalized spacial score (nSPS) is 20.1. The van der Waals surface area contributed by atoms with Crippen molar-refractivity contribution in [3.63, 3.8) is 0 Å². The monoisotopic (exact) mass is 482 g/mol. The predicted molar refractivity (Wildman–Crippen MR) is 143 cm³/mol. The Balaban J connectivity index is 1.66. The molecule has 0 spiro atoms. The number of hydrogen-bond acceptors (Lipinski definition) is 5. The first-order valence-corrected chi connectivity index (χ1v) is 12.7. The van der Waals surface area contributed by atoms with Crippen molar-refractivity contribution in [2.75, 3.05) is 12.3 Å². The van der Waals surface area contributed by atoms with Gasteiger partial charge in [-0.05, 0) is 64.6 Å². The van der Waals surface area contributed by atoms with Crippen molar-refractivity contribution in [2.45, 2.75) is 64.6 Å². The maximum absolute atomic E-state index is 14.0. The van der Waals surface area contributed by atoms with Crippen molar-refractivity contribution in [3.8, 4) is 11.8 Å². The molecule has 1 aromatic carbocycles. The van der Waals surface area contributed by atoms with Crippen LogP contribution in [0.5, 0.6) is 0 Å². The fourth-order valence-corrected chi connectivity index (χ4v) is 5.14. The summed E-state index contributed by atoms with van der Waals surface area (Å²) in [6.07, 6.45) is 8.80. The summed E-state index contributed by atoms with van der Waals surface area (Å²) in [7, 11) is 0. The van der Waals surface area contributed by atoms with Crippen molar-refractivity contribution in [2.24, 2.45) is 5.92 Å². The molecule has 7 nitrogen and oxygen atoms in total. The van der Waals surface area contributed by atoms with Crippen molar-refractivity contribution in [3.05, 3.63) is 65.8 Å². The number of nitrogens with zero attached hydrogens (tertiary/aromatic N) is 4. The molecule has 186 valence electrons. The molecular weight excluding hydrogens is 448 g/mol. The highest BCUT2D eigenvalue weighted by atomic mass is 16.1. The van der Waals surface area contributed by atoms with Gasteiger partial charge in [0.2, 0.25) is 0 Å². The highest BCUT2D eigenvalue weighted by Crippen LogP contribution is 2.37. The Bertz CT molecular complexity index is 1370. The van der Waals surface area contributed by atoms with E-state index < -0.39 is 5.54 Å². The maximum atomic E-state index is 14.0. The molecule has 36 heavy (non-hydrogen) atoms. The number of nitrogens with one attached hydrogen (secondary N) is 1.